The number of anilines is 2. The van der Waals surface area contributed by atoms with Crippen molar-refractivity contribution in [3.05, 3.63) is 107 Å². The number of aryl methyl sites for hydroxylation is 1. The molecular formula is C34H35N. The van der Waals surface area contributed by atoms with Crippen LogP contribution in [0.25, 0.3) is 22.3 Å². The second-order valence-electron chi connectivity index (χ2n) is 11.0. The van der Waals surface area contributed by atoms with Gasteiger partial charge in [0.15, 0.2) is 0 Å². The van der Waals surface area contributed by atoms with E-state index < -0.39 is 0 Å². The number of benzene rings is 4. The highest BCUT2D eigenvalue weighted by atomic mass is 14.9. The zero-order chi connectivity index (χ0) is 24.0. The second kappa shape index (κ2) is 8.72. The molecule has 1 saturated carbocycles. The van der Waals surface area contributed by atoms with E-state index in [1.54, 1.807) is 0 Å². The van der Waals surface area contributed by atoms with Gasteiger partial charge < -0.3 is 5.32 Å². The maximum Gasteiger partial charge on any atom is 0.0387 e. The summed E-state index contributed by atoms with van der Waals surface area (Å²) in [6, 6.07) is 31.7. The Bertz CT molecular complexity index is 1350. The van der Waals surface area contributed by atoms with E-state index in [2.05, 4.69) is 111 Å². The molecule has 1 heteroatoms. The Kier molecular flexibility index (Phi) is 5.52. The fourth-order valence-corrected chi connectivity index (χ4v) is 6.34. The lowest BCUT2D eigenvalue weighted by Gasteiger charge is -2.22. The van der Waals surface area contributed by atoms with E-state index in [0.29, 0.717) is 0 Å². The number of nitrogens with one attached hydrogen (secondary N) is 1. The van der Waals surface area contributed by atoms with Gasteiger partial charge in [0.2, 0.25) is 0 Å². The van der Waals surface area contributed by atoms with Gasteiger partial charge in [-0.2, -0.15) is 0 Å². The second-order valence-corrected chi connectivity index (χ2v) is 11.0. The lowest BCUT2D eigenvalue weighted by Crippen LogP contribution is -2.15. The van der Waals surface area contributed by atoms with Gasteiger partial charge in [-0.3, -0.25) is 0 Å². The summed E-state index contributed by atoms with van der Waals surface area (Å²) in [6.07, 6.45) is 6.88. The number of hydrogen-bond acceptors (Lipinski definition) is 1. The summed E-state index contributed by atoms with van der Waals surface area (Å²) in [6.45, 7) is 6.91. The SMILES string of the molecule is Cc1cccc2c1-c1ccc(Nc3ccc(-c4ccc(C5CCCCC5)cc4)cc3)cc1C2(C)C. The van der Waals surface area contributed by atoms with Crippen LogP contribution in [0.4, 0.5) is 11.4 Å². The molecule has 2 aliphatic rings. The predicted octanol–water partition coefficient (Wildman–Crippen LogP) is 9.76. The third kappa shape index (κ3) is 3.97. The highest BCUT2D eigenvalue weighted by molar-refractivity contribution is 5.85. The van der Waals surface area contributed by atoms with Crippen LogP contribution in [0, 0.1) is 6.92 Å². The van der Waals surface area contributed by atoms with Gasteiger partial charge >= 0.3 is 0 Å². The lowest BCUT2D eigenvalue weighted by molar-refractivity contribution is 0.443. The first kappa shape index (κ1) is 22.2. The molecule has 1 nitrogen and oxygen atoms in total. The summed E-state index contributed by atoms with van der Waals surface area (Å²) >= 11 is 0. The maximum absolute atomic E-state index is 3.64. The molecule has 0 spiro atoms. The average molecular weight is 458 g/mol. The fourth-order valence-electron chi connectivity index (χ4n) is 6.34. The summed E-state index contributed by atoms with van der Waals surface area (Å²) in [5.41, 5.74) is 13.4. The van der Waals surface area contributed by atoms with Gasteiger partial charge in [0.1, 0.15) is 0 Å². The van der Waals surface area contributed by atoms with Crippen LogP contribution >= 0.6 is 0 Å². The first-order valence-electron chi connectivity index (χ1n) is 13.2. The van der Waals surface area contributed by atoms with Crippen LogP contribution in [-0.2, 0) is 5.41 Å². The molecule has 0 amide bonds. The van der Waals surface area contributed by atoms with Crippen molar-refractivity contribution < 1.29 is 0 Å². The quantitative estimate of drug-likeness (QED) is 0.321. The minimum Gasteiger partial charge on any atom is -0.356 e. The lowest BCUT2D eigenvalue weighted by atomic mass is 9.82. The molecule has 0 heterocycles. The summed E-state index contributed by atoms with van der Waals surface area (Å²) in [4.78, 5) is 0. The Morgan fingerprint density at radius 1 is 0.686 bits per heavy atom. The van der Waals surface area contributed by atoms with E-state index in [0.717, 1.165) is 17.3 Å². The van der Waals surface area contributed by atoms with Gasteiger partial charge in [-0.1, -0.05) is 93.8 Å². The largest absolute Gasteiger partial charge is 0.356 e. The molecule has 176 valence electrons. The third-order valence-corrected chi connectivity index (χ3v) is 8.40. The molecule has 4 aromatic rings. The van der Waals surface area contributed by atoms with Crippen molar-refractivity contribution in [3.8, 4) is 22.3 Å². The number of rotatable bonds is 4. The molecule has 0 atom stereocenters. The van der Waals surface area contributed by atoms with E-state index in [4.69, 9.17) is 0 Å². The molecule has 0 aromatic heterocycles. The van der Waals surface area contributed by atoms with Gasteiger partial charge in [-0.25, -0.2) is 0 Å². The van der Waals surface area contributed by atoms with Crippen molar-refractivity contribution in [2.24, 2.45) is 0 Å². The van der Waals surface area contributed by atoms with Crippen molar-refractivity contribution in [2.45, 2.75) is 64.2 Å². The molecular weight excluding hydrogens is 422 g/mol. The molecule has 1 N–H and O–H groups in total. The van der Waals surface area contributed by atoms with Crippen molar-refractivity contribution in [2.75, 3.05) is 5.32 Å². The van der Waals surface area contributed by atoms with E-state index in [1.165, 1.54) is 76.6 Å². The first-order valence-corrected chi connectivity index (χ1v) is 13.2. The molecule has 6 rings (SSSR count). The summed E-state index contributed by atoms with van der Waals surface area (Å²) in [5.74, 6) is 0.762. The van der Waals surface area contributed by atoms with Crippen LogP contribution in [0.3, 0.4) is 0 Å². The monoisotopic (exact) mass is 457 g/mol. The molecule has 0 unspecified atom stereocenters. The Morgan fingerprint density at radius 2 is 1.34 bits per heavy atom. The van der Waals surface area contributed by atoms with Gasteiger partial charge in [-0.05, 0) is 94.5 Å². The molecule has 0 radical (unpaired) electrons. The smallest absolute Gasteiger partial charge is 0.0387 e. The fraction of sp³-hybridized carbons (Fsp3) is 0.294. The summed E-state index contributed by atoms with van der Waals surface area (Å²) in [5, 5.41) is 3.64. The van der Waals surface area contributed by atoms with Crippen LogP contribution < -0.4 is 5.32 Å². The van der Waals surface area contributed by atoms with E-state index >= 15 is 0 Å². The third-order valence-electron chi connectivity index (χ3n) is 8.40. The molecule has 0 aliphatic heterocycles. The Labute approximate surface area is 210 Å². The standard InChI is InChI=1S/C34H35N/c1-23-8-7-11-31-33(23)30-21-20-29(22-32(30)34(31,2)3)35-28-18-16-27(17-19-28)26-14-12-25(13-15-26)24-9-5-4-6-10-24/h7-8,11-22,24,35H,4-6,9-10H2,1-3H3. The van der Waals surface area contributed by atoms with Crippen molar-refractivity contribution in [3.63, 3.8) is 0 Å². The molecule has 0 bridgehead atoms. The minimum atomic E-state index is 0.0159. The highest BCUT2D eigenvalue weighted by Gasteiger charge is 2.36. The zero-order valence-electron chi connectivity index (χ0n) is 21.2. The van der Waals surface area contributed by atoms with Crippen molar-refractivity contribution in [1.82, 2.24) is 0 Å². The van der Waals surface area contributed by atoms with Gasteiger partial charge in [0.05, 0.1) is 0 Å². The predicted molar refractivity (Wildman–Crippen MR) is 150 cm³/mol. The van der Waals surface area contributed by atoms with Gasteiger partial charge in [0.25, 0.3) is 0 Å². The average Bonchev–Trinajstić information content (AvgIpc) is 3.12. The van der Waals surface area contributed by atoms with Gasteiger partial charge in [0, 0.05) is 16.8 Å². The summed E-state index contributed by atoms with van der Waals surface area (Å²) in [7, 11) is 0. The number of hydrogen-bond donors (Lipinski definition) is 1. The Hall–Kier alpha value is -3.32. The molecule has 35 heavy (non-hydrogen) atoms. The zero-order valence-corrected chi connectivity index (χ0v) is 21.2. The number of fused-ring (bicyclic) bond motifs is 3. The van der Waals surface area contributed by atoms with Crippen LogP contribution in [-0.4, -0.2) is 0 Å². The van der Waals surface area contributed by atoms with Crippen LogP contribution in [0.5, 0.6) is 0 Å². The topological polar surface area (TPSA) is 12.0 Å². The Morgan fingerprint density at radius 3 is 2.06 bits per heavy atom. The van der Waals surface area contributed by atoms with Crippen LogP contribution in [0.1, 0.15) is 74.1 Å². The van der Waals surface area contributed by atoms with Crippen LogP contribution in [0.15, 0.2) is 84.9 Å². The Balaban J connectivity index is 1.20. The van der Waals surface area contributed by atoms with Crippen molar-refractivity contribution in [1.29, 1.82) is 0 Å². The first-order chi connectivity index (χ1) is 17.0. The summed E-state index contributed by atoms with van der Waals surface area (Å²) < 4.78 is 0. The molecule has 2 aliphatic carbocycles. The molecule has 1 fully saturated rings. The van der Waals surface area contributed by atoms with Gasteiger partial charge in [-0.15, -0.1) is 0 Å². The van der Waals surface area contributed by atoms with Crippen LogP contribution in [0.2, 0.25) is 0 Å². The van der Waals surface area contributed by atoms with Crippen molar-refractivity contribution >= 4 is 11.4 Å². The van der Waals surface area contributed by atoms with E-state index in [-0.39, 0.29) is 5.41 Å². The molecule has 0 saturated heterocycles. The highest BCUT2D eigenvalue weighted by Crippen LogP contribution is 2.50. The van der Waals surface area contributed by atoms with E-state index in [1.807, 2.05) is 0 Å². The van der Waals surface area contributed by atoms with E-state index in [9.17, 15) is 0 Å². The minimum absolute atomic E-state index is 0.0159. The normalized spacial score (nSPS) is 16.5. The molecule has 4 aromatic carbocycles. The maximum atomic E-state index is 3.64.